The topological polar surface area (TPSA) is 80.6 Å². The quantitative estimate of drug-likeness (QED) is 0.792. The summed E-state index contributed by atoms with van der Waals surface area (Å²) >= 11 is 0. The van der Waals surface area contributed by atoms with E-state index in [-0.39, 0.29) is 35.6 Å². The van der Waals surface area contributed by atoms with Gasteiger partial charge in [0.15, 0.2) is 0 Å². The first-order valence-electron chi connectivity index (χ1n) is 10.4. The highest BCUT2D eigenvalue weighted by molar-refractivity contribution is 5.92. The molecule has 0 radical (unpaired) electrons. The molecular formula is C23H27N3O4. The lowest BCUT2D eigenvalue weighted by Crippen LogP contribution is -2.49. The third-order valence-electron chi connectivity index (χ3n) is 5.96. The summed E-state index contributed by atoms with van der Waals surface area (Å²) in [5.74, 6) is 0.290. The third-order valence-corrected chi connectivity index (χ3v) is 5.96. The van der Waals surface area contributed by atoms with Gasteiger partial charge in [-0.15, -0.1) is 0 Å². The van der Waals surface area contributed by atoms with Crippen molar-refractivity contribution in [3.63, 3.8) is 0 Å². The van der Waals surface area contributed by atoms with Gasteiger partial charge in [0.25, 0.3) is 5.56 Å². The van der Waals surface area contributed by atoms with E-state index < -0.39 is 0 Å². The minimum Gasteiger partial charge on any atom is -0.384 e. The van der Waals surface area contributed by atoms with Crippen molar-refractivity contribution in [1.29, 1.82) is 0 Å². The Balaban J connectivity index is 1.48. The molecule has 2 aliphatic rings. The largest absolute Gasteiger partial charge is 0.384 e. The predicted molar refractivity (Wildman–Crippen MR) is 113 cm³/mol. The number of likely N-dealkylation sites (tertiary alicyclic amines) is 1. The van der Waals surface area contributed by atoms with Gasteiger partial charge in [0, 0.05) is 38.4 Å². The highest BCUT2D eigenvalue weighted by atomic mass is 16.5. The maximum Gasteiger partial charge on any atom is 0.274 e. The summed E-state index contributed by atoms with van der Waals surface area (Å²) in [5.41, 5.74) is 2.00. The number of benzene rings is 1. The van der Waals surface area contributed by atoms with Crippen molar-refractivity contribution in [2.24, 2.45) is 5.92 Å². The Morgan fingerprint density at radius 2 is 1.90 bits per heavy atom. The molecule has 2 aliphatic heterocycles. The molecule has 2 bridgehead atoms. The van der Waals surface area contributed by atoms with Gasteiger partial charge in [0.1, 0.15) is 5.69 Å². The lowest BCUT2D eigenvalue weighted by atomic mass is 9.83. The molecule has 2 atom stereocenters. The number of anilines is 1. The molecule has 3 heterocycles. The number of hydrogen-bond donors (Lipinski definition) is 1. The molecule has 7 nitrogen and oxygen atoms in total. The molecular weight excluding hydrogens is 382 g/mol. The number of piperidine rings is 1. The van der Waals surface area contributed by atoms with E-state index in [1.165, 1.54) is 0 Å². The monoisotopic (exact) mass is 409 g/mol. The maximum atomic E-state index is 13.0. The van der Waals surface area contributed by atoms with Crippen molar-refractivity contribution in [3.05, 3.63) is 64.1 Å². The van der Waals surface area contributed by atoms with Gasteiger partial charge in [-0.1, -0.05) is 30.3 Å². The number of amides is 2. The molecule has 7 heteroatoms. The van der Waals surface area contributed by atoms with Crippen molar-refractivity contribution < 1.29 is 14.3 Å². The average Bonchev–Trinajstić information content (AvgIpc) is 2.75. The minimum absolute atomic E-state index is 0.104. The highest BCUT2D eigenvalue weighted by Gasteiger charge is 2.36. The second-order valence-corrected chi connectivity index (χ2v) is 8.14. The fourth-order valence-corrected chi connectivity index (χ4v) is 4.57. The number of pyridine rings is 1. The van der Waals surface area contributed by atoms with E-state index in [0.717, 1.165) is 17.7 Å². The molecule has 1 fully saturated rings. The number of nitrogens with zero attached hydrogens (tertiary/aromatic N) is 2. The highest BCUT2D eigenvalue weighted by Crippen LogP contribution is 2.35. The van der Waals surface area contributed by atoms with Crippen LogP contribution in [0.5, 0.6) is 0 Å². The van der Waals surface area contributed by atoms with Crippen LogP contribution in [0.3, 0.4) is 0 Å². The van der Waals surface area contributed by atoms with Crippen molar-refractivity contribution >= 4 is 17.5 Å². The molecule has 2 unspecified atom stereocenters. The Bertz CT molecular complexity index is 986. The molecule has 30 heavy (non-hydrogen) atoms. The Morgan fingerprint density at radius 3 is 2.67 bits per heavy atom. The van der Waals surface area contributed by atoms with Crippen LogP contribution in [0.4, 0.5) is 5.69 Å². The summed E-state index contributed by atoms with van der Waals surface area (Å²) < 4.78 is 6.81. The molecule has 1 aromatic heterocycles. The third kappa shape index (κ3) is 4.31. The standard InChI is InChI=1S/C23H27N3O4/c1-30-10-9-22(28)25-13-17-11-18(15-25)20-8-7-19(23(29)26(20)14-17)24-21(27)12-16-5-3-2-4-6-16/h2-8,17-18H,9-15H2,1H3,(H,24,27). The number of rotatable bonds is 6. The van der Waals surface area contributed by atoms with Gasteiger partial charge in [-0.05, 0) is 30.0 Å². The fraction of sp³-hybridized carbons (Fsp3) is 0.435. The lowest BCUT2D eigenvalue weighted by molar-refractivity contribution is -0.134. The molecule has 0 aliphatic carbocycles. The zero-order valence-electron chi connectivity index (χ0n) is 17.2. The van der Waals surface area contributed by atoms with Gasteiger partial charge in [-0.2, -0.15) is 0 Å². The van der Waals surface area contributed by atoms with Gasteiger partial charge in [-0.25, -0.2) is 0 Å². The van der Waals surface area contributed by atoms with Crippen LogP contribution < -0.4 is 10.9 Å². The molecule has 1 N–H and O–H groups in total. The van der Waals surface area contributed by atoms with Crippen LogP contribution in [0.15, 0.2) is 47.3 Å². The molecule has 0 saturated carbocycles. The second kappa shape index (κ2) is 8.83. The van der Waals surface area contributed by atoms with Crippen LogP contribution in [0.25, 0.3) is 0 Å². The molecule has 158 valence electrons. The number of ether oxygens (including phenoxy) is 1. The summed E-state index contributed by atoms with van der Waals surface area (Å²) in [6.45, 7) is 2.28. The van der Waals surface area contributed by atoms with Crippen LogP contribution in [-0.4, -0.2) is 48.1 Å². The van der Waals surface area contributed by atoms with Gasteiger partial charge < -0.3 is 19.5 Å². The number of fused-ring (bicyclic) bond motifs is 4. The van der Waals surface area contributed by atoms with Crippen LogP contribution >= 0.6 is 0 Å². The summed E-state index contributed by atoms with van der Waals surface area (Å²) in [6, 6.07) is 13.1. The molecule has 1 saturated heterocycles. The Kier molecular flexibility index (Phi) is 5.99. The normalized spacial score (nSPS) is 19.8. The smallest absolute Gasteiger partial charge is 0.274 e. The van der Waals surface area contributed by atoms with E-state index in [9.17, 15) is 14.4 Å². The van der Waals surface area contributed by atoms with Gasteiger partial charge in [0.2, 0.25) is 11.8 Å². The molecule has 2 amide bonds. The molecule has 0 spiro atoms. The first-order chi connectivity index (χ1) is 14.5. The predicted octanol–water partition coefficient (Wildman–Crippen LogP) is 2.01. The Hall–Kier alpha value is -2.93. The van der Waals surface area contributed by atoms with Crippen molar-refractivity contribution in [2.45, 2.75) is 31.7 Å². The van der Waals surface area contributed by atoms with Gasteiger partial charge >= 0.3 is 0 Å². The van der Waals surface area contributed by atoms with Crippen LogP contribution in [0.1, 0.15) is 30.0 Å². The summed E-state index contributed by atoms with van der Waals surface area (Å²) in [6.07, 6.45) is 1.59. The maximum absolute atomic E-state index is 13.0. The van der Waals surface area contributed by atoms with Crippen molar-refractivity contribution in [1.82, 2.24) is 9.47 Å². The minimum atomic E-state index is -0.204. The number of carbonyl (C=O) groups excluding carboxylic acids is 2. The summed E-state index contributed by atoms with van der Waals surface area (Å²) in [5, 5.41) is 2.77. The fourth-order valence-electron chi connectivity index (χ4n) is 4.57. The molecule has 1 aromatic carbocycles. The van der Waals surface area contributed by atoms with Crippen molar-refractivity contribution in [2.75, 3.05) is 32.1 Å². The number of aromatic nitrogens is 1. The first kappa shape index (κ1) is 20.3. The number of carbonyl (C=O) groups is 2. The van der Waals surface area contributed by atoms with E-state index in [4.69, 9.17) is 4.74 Å². The van der Waals surface area contributed by atoms with Crippen molar-refractivity contribution in [3.8, 4) is 0 Å². The average molecular weight is 409 g/mol. The van der Waals surface area contributed by atoms with E-state index in [0.29, 0.717) is 38.3 Å². The zero-order chi connectivity index (χ0) is 21.1. The summed E-state index contributed by atoms with van der Waals surface area (Å²) in [7, 11) is 1.59. The van der Waals surface area contributed by atoms with E-state index in [1.807, 2.05) is 41.3 Å². The van der Waals surface area contributed by atoms with Crippen LogP contribution in [-0.2, 0) is 27.3 Å². The first-order valence-corrected chi connectivity index (χ1v) is 10.4. The Labute approximate surface area is 175 Å². The number of methoxy groups -OCH3 is 1. The summed E-state index contributed by atoms with van der Waals surface area (Å²) in [4.78, 5) is 39.8. The second-order valence-electron chi connectivity index (χ2n) is 8.14. The number of nitrogens with one attached hydrogen (secondary N) is 1. The van der Waals surface area contributed by atoms with Crippen LogP contribution in [0.2, 0.25) is 0 Å². The lowest BCUT2D eigenvalue weighted by Gasteiger charge is -2.43. The SMILES string of the molecule is COCCC(=O)N1CC2CC(C1)c1ccc(NC(=O)Cc3ccccc3)c(=O)n1C2. The van der Waals surface area contributed by atoms with E-state index >= 15 is 0 Å². The molecule has 2 aromatic rings. The zero-order valence-corrected chi connectivity index (χ0v) is 17.2. The van der Waals surface area contributed by atoms with Gasteiger partial charge in [0.05, 0.1) is 19.4 Å². The van der Waals surface area contributed by atoms with Crippen LogP contribution in [0, 0.1) is 5.92 Å². The Morgan fingerprint density at radius 1 is 1.10 bits per heavy atom. The van der Waals surface area contributed by atoms with E-state index in [1.54, 1.807) is 17.7 Å². The number of hydrogen-bond acceptors (Lipinski definition) is 4. The van der Waals surface area contributed by atoms with E-state index in [2.05, 4.69) is 5.32 Å². The molecule has 4 rings (SSSR count). The van der Waals surface area contributed by atoms with Gasteiger partial charge in [-0.3, -0.25) is 14.4 Å².